The molecule has 1 aromatic rings. The lowest BCUT2D eigenvalue weighted by Crippen LogP contribution is -2.36. The Morgan fingerprint density at radius 2 is 1.88 bits per heavy atom. The van der Waals surface area contributed by atoms with Crippen LogP contribution in [0.5, 0.6) is 0 Å². The van der Waals surface area contributed by atoms with Crippen molar-refractivity contribution in [2.24, 2.45) is 0 Å². The van der Waals surface area contributed by atoms with Crippen molar-refractivity contribution in [1.29, 1.82) is 0 Å². The van der Waals surface area contributed by atoms with Crippen molar-refractivity contribution in [3.63, 3.8) is 0 Å². The number of aryl methyl sites for hydroxylation is 1. The van der Waals surface area contributed by atoms with E-state index in [0.29, 0.717) is 12.5 Å². The number of carbonyl (C=O) groups excluding carboxylic acids is 1. The minimum atomic E-state index is 0.244. The first-order valence-electron chi connectivity index (χ1n) is 9.54. The van der Waals surface area contributed by atoms with Crippen LogP contribution in [0.15, 0.2) is 0 Å². The molecule has 5 heteroatoms. The third-order valence-electron chi connectivity index (χ3n) is 4.98. The number of amides is 1. The van der Waals surface area contributed by atoms with Crippen LogP contribution >= 0.6 is 0 Å². The second-order valence-electron chi connectivity index (χ2n) is 6.72. The molecule has 1 saturated heterocycles. The fourth-order valence-corrected chi connectivity index (χ4v) is 3.28. The zero-order chi connectivity index (χ0) is 17.5. The summed E-state index contributed by atoms with van der Waals surface area (Å²) in [6, 6.07) is 0.472. The first-order valence-corrected chi connectivity index (χ1v) is 9.54. The molecule has 0 unspecified atom stereocenters. The molecule has 0 saturated carbocycles. The Labute approximate surface area is 146 Å². The van der Waals surface area contributed by atoms with Gasteiger partial charge in [0.15, 0.2) is 0 Å². The molecule has 0 atom stereocenters. The highest BCUT2D eigenvalue weighted by Gasteiger charge is 2.28. The van der Waals surface area contributed by atoms with Gasteiger partial charge < -0.3 is 9.64 Å². The minimum Gasteiger partial charge on any atom is -0.381 e. The van der Waals surface area contributed by atoms with Crippen molar-refractivity contribution in [3.05, 3.63) is 17.0 Å². The first-order chi connectivity index (χ1) is 11.6. The van der Waals surface area contributed by atoms with Crippen LogP contribution in [0.2, 0.25) is 0 Å². The van der Waals surface area contributed by atoms with Crippen molar-refractivity contribution in [1.82, 2.24) is 14.7 Å². The molecule has 1 aromatic heterocycles. The van der Waals surface area contributed by atoms with Crippen molar-refractivity contribution in [3.8, 4) is 0 Å². The average molecular weight is 335 g/mol. The molecular formula is C19H33N3O2. The number of hydrogen-bond acceptors (Lipinski definition) is 3. The van der Waals surface area contributed by atoms with Crippen LogP contribution in [0.4, 0.5) is 0 Å². The number of rotatable bonds is 3. The lowest BCUT2D eigenvalue weighted by atomic mass is 10.0. The summed E-state index contributed by atoms with van der Waals surface area (Å²) in [6.07, 6.45) is 6.25. The Hall–Kier alpha value is -1.36. The molecule has 3 rings (SSSR count). The number of nitrogens with zero attached hydrogens (tertiary/aromatic N) is 3. The van der Waals surface area contributed by atoms with Crippen LogP contribution in [-0.4, -0.2) is 40.3 Å². The highest BCUT2D eigenvalue weighted by molar-refractivity contribution is 5.76. The molecule has 1 amide bonds. The van der Waals surface area contributed by atoms with E-state index in [2.05, 4.69) is 25.5 Å². The largest absolute Gasteiger partial charge is 0.381 e. The van der Waals surface area contributed by atoms with Gasteiger partial charge in [0, 0.05) is 50.4 Å². The Bertz CT molecular complexity index is 531. The summed E-state index contributed by atoms with van der Waals surface area (Å²) in [7, 11) is 0. The summed E-state index contributed by atoms with van der Waals surface area (Å²) < 4.78 is 7.66. The summed E-state index contributed by atoms with van der Waals surface area (Å²) >= 11 is 0. The molecule has 0 N–H and O–H groups in total. The fraction of sp³-hybridized carbons (Fsp3) is 0.789. The van der Waals surface area contributed by atoms with Crippen LogP contribution < -0.4 is 0 Å². The van der Waals surface area contributed by atoms with Crippen molar-refractivity contribution in [2.45, 2.75) is 78.8 Å². The number of ether oxygens (including phenoxy) is 1. The average Bonchev–Trinajstić information content (AvgIpc) is 2.98. The maximum Gasteiger partial charge on any atom is 0.222 e. The van der Waals surface area contributed by atoms with E-state index in [-0.39, 0.29) is 5.91 Å². The van der Waals surface area contributed by atoms with Crippen molar-refractivity contribution < 1.29 is 9.53 Å². The third kappa shape index (κ3) is 4.38. The normalized spacial score (nSPS) is 17.9. The topological polar surface area (TPSA) is 47.4 Å². The van der Waals surface area contributed by atoms with Gasteiger partial charge in [-0.25, -0.2) is 0 Å². The summed E-state index contributed by atoms with van der Waals surface area (Å²) in [6.45, 7) is 11.6. The molecule has 2 aliphatic rings. The molecule has 2 aliphatic heterocycles. The van der Waals surface area contributed by atoms with Crippen LogP contribution in [0.3, 0.4) is 0 Å². The van der Waals surface area contributed by atoms with Gasteiger partial charge in [0.1, 0.15) is 0 Å². The summed E-state index contributed by atoms with van der Waals surface area (Å²) in [5.41, 5.74) is 3.69. The molecule has 3 heterocycles. The highest BCUT2D eigenvalue weighted by Crippen LogP contribution is 2.29. The van der Waals surface area contributed by atoms with Gasteiger partial charge in [0.25, 0.3) is 0 Å². The molecule has 0 bridgehead atoms. The standard InChI is InChI=1S/C15H23N3O2.C4H10/c1-3-15(19)17-7-4-14-13(10-17)11(2)16-18(14)12-5-8-20-9-6-12;1-3-4-2/h12H,3-10H2,1-2H3;3-4H2,1-2H3. The van der Waals surface area contributed by atoms with Crippen LogP contribution in [0.1, 0.15) is 75.9 Å². The number of unbranched alkanes of at least 4 members (excludes halogenated alkanes) is 1. The minimum absolute atomic E-state index is 0.244. The van der Waals surface area contributed by atoms with E-state index in [1.165, 1.54) is 24.1 Å². The van der Waals surface area contributed by atoms with E-state index in [9.17, 15) is 4.79 Å². The summed E-state index contributed by atoms with van der Waals surface area (Å²) in [5.74, 6) is 0.244. The highest BCUT2D eigenvalue weighted by atomic mass is 16.5. The van der Waals surface area contributed by atoms with Crippen molar-refractivity contribution in [2.75, 3.05) is 19.8 Å². The fourth-order valence-electron chi connectivity index (χ4n) is 3.28. The maximum atomic E-state index is 11.9. The third-order valence-corrected chi connectivity index (χ3v) is 4.98. The van der Waals surface area contributed by atoms with Crippen LogP contribution in [0.25, 0.3) is 0 Å². The van der Waals surface area contributed by atoms with Gasteiger partial charge in [0.05, 0.1) is 11.7 Å². The van der Waals surface area contributed by atoms with Crippen molar-refractivity contribution >= 4 is 5.91 Å². The predicted molar refractivity (Wildman–Crippen MR) is 96.0 cm³/mol. The monoisotopic (exact) mass is 335 g/mol. The Kier molecular flexibility index (Phi) is 7.28. The van der Waals surface area contributed by atoms with Gasteiger partial charge in [-0.15, -0.1) is 0 Å². The molecule has 0 aliphatic carbocycles. The Morgan fingerprint density at radius 3 is 2.46 bits per heavy atom. The Balaban J connectivity index is 0.000000471. The molecule has 136 valence electrons. The maximum absolute atomic E-state index is 11.9. The quantitative estimate of drug-likeness (QED) is 0.847. The molecule has 0 spiro atoms. The smallest absolute Gasteiger partial charge is 0.222 e. The molecule has 1 fully saturated rings. The zero-order valence-corrected chi connectivity index (χ0v) is 15.8. The van der Waals surface area contributed by atoms with Gasteiger partial charge in [-0.05, 0) is 19.8 Å². The van der Waals surface area contributed by atoms with Crippen LogP contribution in [0, 0.1) is 6.92 Å². The summed E-state index contributed by atoms with van der Waals surface area (Å²) in [5, 5.41) is 4.76. The summed E-state index contributed by atoms with van der Waals surface area (Å²) in [4.78, 5) is 13.8. The number of aromatic nitrogens is 2. The van der Waals surface area contributed by atoms with Gasteiger partial charge in [0.2, 0.25) is 5.91 Å². The number of hydrogen-bond donors (Lipinski definition) is 0. The van der Waals surface area contributed by atoms with E-state index in [1.54, 1.807) is 0 Å². The van der Waals surface area contributed by atoms with E-state index in [1.807, 2.05) is 11.8 Å². The second kappa shape index (κ2) is 9.21. The van der Waals surface area contributed by atoms with Gasteiger partial charge in [-0.1, -0.05) is 33.6 Å². The van der Waals surface area contributed by atoms with Crippen LogP contribution in [-0.2, 0) is 22.5 Å². The van der Waals surface area contributed by atoms with E-state index in [0.717, 1.165) is 51.3 Å². The number of fused-ring (bicyclic) bond motifs is 1. The molecular weight excluding hydrogens is 302 g/mol. The zero-order valence-electron chi connectivity index (χ0n) is 15.8. The first kappa shape index (κ1) is 19.0. The molecule has 0 aromatic carbocycles. The van der Waals surface area contributed by atoms with Gasteiger partial charge >= 0.3 is 0 Å². The van der Waals surface area contributed by atoms with Gasteiger partial charge in [-0.2, -0.15) is 5.10 Å². The van der Waals surface area contributed by atoms with E-state index < -0.39 is 0 Å². The number of carbonyl (C=O) groups is 1. The lowest BCUT2D eigenvalue weighted by molar-refractivity contribution is -0.131. The van der Waals surface area contributed by atoms with E-state index >= 15 is 0 Å². The lowest BCUT2D eigenvalue weighted by Gasteiger charge is -2.30. The second-order valence-corrected chi connectivity index (χ2v) is 6.72. The SMILES string of the molecule is CCC(=O)N1CCc2c(c(C)nn2C2CCOCC2)C1.CCCC. The predicted octanol–water partition coefficient (Wildman–Crippen LogP) is 3.64. The molecule has 5 nitrogen and oxygen atoms in total. The Morgan fingerprint density at radius 1 is 1.21 bits per heavy atom. The van der Waals surface area contributed by atoms with Gasteiger partial charge in [-0.3, -0.25) is 9.48 Å². The molecule has 24 heavy (non-hydrogen) atoms. The van der Waals surface area contributed by atoms with E-state index in [4.69, 9.17) is 9.84 Å². The molecule has 0 radical (unpaired) electrons.